The maximum absolute atomic E-state index is 12.5. The number of hydrogen-bond donors (Lipinski definition) is 4. The number of nitrogens with one attached hydrogen (secondary N) is 2. The molecule has 0 aliphatic carbocycles. The lowest BCUT2D eigenvalue weighted by Gasteiger charge is -2.26. The highest BCUT2D eigenvalue weighted by Crippen LogP contribution is 2.26. The van der Waals surface area contributed by atoms with Crippen LogP contribution in [0.3, 0.4) is 0 Å². The van der Waals surface area contributed by atoms with E-state index in [2.05, 4.69) is 10.6 Å². The molecule has 0 fully saturated rings. The van der Waals surface area contributed by atoms with Crippen LogP contribution < -0.4 is 10.6 Å². The van der Waals surface area contributed by atoms with Gasteiger partial charge in [-0.1, -0.05) is 44.2 Å². The van der Waals surface area contributed by atoms with Crippen LogP contribution in [0.25, 0.3) is 0 Å². The molecule has 132 valence electrons. The standard InChI is InChI=1S/C17H24N2O5/c1-17(2,9-8-12-6-4-3-5-7-12)14(20)10-13(19-16(23)24)11-18-15(21)22/h3-7,13,18-19H,8-11H2,1-2H3,(H,21,22)(H,23,24)/t13-/m0/s1. The molecule has 0 bridgehead atoms. The third-order valence-electron chi connectivity index (χ3n) is 3.90. The van der Waals surface area contributed by atoms with E-state index in [0.29, 0.717) is 6.42 Å². The first kappa shape index (κ1) is 19.5. The molecule has 0 aromatic heterocycles. The number of hydrogen-bond acceptors (Lipinski definition) is 3. The summed E-state index contributed by atoms with van der Waals surface area (Å²) in [6.07, 6.45) is -1.24. The van der Waals surface area contributed by atoms with E-state index in [1.165, 1.54) is 0 Å². The minimum atomic E-state index is -1.29. The zero-order valence-electron chi connectivity index (χ0n) is 13.9. The zero-order chi connectivity index (χ0) is 18.2. The highest BCUT2D eigenvalue weighted by atomic mass is 16.4. The summed E-state index contributed by atoms with van der Waals surface area (Å²) >= 11 is 0. The quantitative estimate of drug-likeness (QED) is 0.553. The second-order valence-electron chi connectivity index (χ2n) is 6.33. The molecular formula is C17H24N2O5. The first-order valence-corrected chi connectivity index (χ1v) is 7.74. The third kappa shape index (κ3) is 7.13. The van der Waals surface area contributed by atoms with Crippen molar-refractivity contribution in [1.29, 1.82) is 0 Å². The summed E-state index contributed by atoms with van der Waals surface area (Å²) in [6.45, 7) is 3.49. The molecule has 0 saturated carbocycles. The van der Waals surface area contributed by atoms with Crippen molar-refractivity contribution >= 4 is 18.0 Å². The Bertz CT molecular complexity index is 572. The lowest BCUT2D eigenvalue weighted by Crippen LogP contribution is -2.45. The molecule has 7 heteroatoms. The highest BCUT2D eigenvalue weighted by Gasteiger charge is 2.29. The van der Waals surface area contributed by atoms with Crippen LogP contribution in [0, 0.1) is 5.41 Å². The second kappa shape index (κ2) is 8.90. The Morgan fingerprint density at radius 3 is 2.25 bits per heavy atom. The van der Waals surface area contributed by atoms with E-state index in [1.807, 2.05) is 44.2 Å². The molecule has 0 spiro atoms. The smallest absolute Gasteiger partial charge is 0.404 e. The van der Waals surface area contributed by atoms with Gasteiger partial charge in [0.2, 0.25) is 0 Å². The largest absolute Gasteiger partial charge is 0.465 e. The Morgan fingerprint density at radius 2 is 1.71 bits per heavy atom. The lowest BCUT2D eigenvalue weighted by atomic mass is 9.80. The fraction of sp³-hybridized carbons (Fsp3) is 0.471. The van der Waals surface area contributed by atoms with Gasteiger partial charge in [0.15, 0.2) is 0 Å². The van der Waals surface area contributed by atoms with Gasteiger partial charge in [0.1, 0.15) is 5.78 Å². The molecule has 0 unspecified atom stereocenters. The van der Waals surface area contributed by atoms with E-state index in [1.54, 1.807) is 0 Å². The molecule has 0 aliphatic heterocycles. The van der Waals surface area contributed by atoms with Crippen LogP contribution in [-0.4, -0.2) is 40.8 Å². The van der Waals surface area contributed by atoms with Gasteiger partial charge in [-0.2, -0.15) is 0 Å². The summed E-state index contributed by atoms with van der Waals surface area (Å²) in [6, 6.07) is 9.00. The summed E-state index contributed by atoms with van der Waals surface area (Å²) in [5.41, 5.74) is 0.503. The van der Waals surface area contributed by atoms with Crippen LogP contribution in [0.4, 0.5) is 9.59 Å². The molecule has 2 amide bonds. The fourth-order valence-corrected chi connectivity index (χ4v) is 2.30. The maximum atomic E-state index is 12.5. The normalized spacial score (nSPS) is 12.2. The van der Waals surface area contributed by atoms with E-state index in [-0.39, 0.29) is 18.7 Å². The van der Waals surface area contributed by atoms with Crippen molar-refractivity contribution in [2.45, 2.75) is 39.2 Å². The number of Topliss-reactive ketones (excluding diaryl/α,β-unsaturated/α-hetero) is 1. The molecule has 1 rings (SSSR count). The number of ketones is 1. The van der Waals surface area contributed by atoms with E-state index in [0.717, 1.165) is 12.0 Å². The lowest BCUT2D eigenvalue weighted by molar-refractivity contribution is -0.127. The van der Waals surface area contributed by atoms with E-state index < -0.39 is 23.6 Å². The Kier molecular flexibility index (Phi) is 7.23. The van der Waals surface area contributed by atoms with Gasteiger partial charge >= 0.3 is 12.2 Å². The van der Waals surface area contributed by atoms with Crippen molar-refractivity contribution < 1.29 is 24.6 Å². The molecular weight excluding hydrogens is 312 g/mol. The van der Waals surface area contributed by atoms with Crippen molar-refractivity contribution in [3.05, 3.63) is 35.9 Å². The highest BCUT2D eigenvalue weighted by molar-refractivity contribution is 5.85. The van der Waals surface area contributed by atoms with Gasteiger partial charge in [-0.25, -0.2) is 9.59 Å². The van der Waals surface area contributed by atoms with E-state index >= 15 is 0 Å². The number of benzene rings is 1. The number of carbonyl (C=O) groups excluding carboxylic acids is 1. The number of aryl methyl sites for hydroxylation is 1. The van der Waals surface area contributed by atoms with Gasteiger partial charge in [0, 0.05) is 18.4 Å². The maximum Gasteiger partial charge on any atom is 0.404 e. The van der Waals surface area contributed by atoms with Gasteiger partial charge in [-0.05, 0) is 18.4 Å². The first-order valence-electron chi connectivity index (χ1n) is 7.74. The average Bonchev–Trinajstić information content (AvgIpc) is 2.51. The third-order valence-corrected chi connectivity index (χ3v) is 3.90. The van der Waals surface area contributed by atoms with Crippen LogP contribution in [-0.2, 0) is 11.2 Å². The van der Waals surface area contributed by atoms with Crippen LogP contribution in [0.1, 0.15) is 32.3 Å². The minimum Gasteiger partial charge on any atom is -0.465 e. The van der Waals surface area contributed by atoms with Crippen LogP contribution in [0.15, 0.2) is 30.3 Å². The van der Waals surface area contributed by atoms with Gasteiger partial charge < -0.3 is 20.8 Å². The Morgan fingerprint density at radius 1 is 1.08 bits per heavy atom. The molecule has 0 radical (unpaired) electrons. The van der Waals surface area contributed by atoms with Gasteiger partial charge in [-0.15, -0.1) is 0 Å². The van der Waals surface area contributed by atoms with Gasteiger partial charge in [-0.3, -0.25) is 4.79 Å². The topological polar surface area (TPSA) is 116 Å². The van der Waals surface area contributed by atoms with Crippen LogP contribution >= 0.6 is 0 Å². The molecule has 1 atom stereocenters. The molecule has 7 nitrogen and oxygen atoms in total. The molecule has 0 saturated heterocycles. The second-order valence-corrected chi connectivity index (χ2v) is 6.33. The predicted molar refractivity (Wildman–Crippen MR) is 89.1 cm³/mol. The predicted octanol–water partition coefficient (Wildman–Crippen LogP) is 2.51. The summed E-state index contributed by atoms with van der Waals surface area (Å²) < 4.78 is 0. The SMILES string of the molecule is CC(C)(CCc1ccccc1)C(=O)C[C@@H](CNC(=O)O)NC(=O)O. The van der Waals surface area contributed by atoms with Crippen molar-refractivity contribution in [3.8, 4) is 0 Å². The van der Waals surface area contributed by atoms with E-state index in [4.69, 9.17) is 10.2 Å². The molecule has 1 aromatic rings. The summed E-state index contributed by atoms with van der Waals surface area (Å²) in [7, 11) is 0. The number of carbonyl (C=O) groups is 3. The van der Waals surface area contributed by atoms with Crippen molar-refractivity contribution in [2.75, 3.05) is 6.54 Å². The Balaban J connectivity index is 2.62. The minimum absolute atomic E-state index is 0.0611. The number of rotatable bonds is 9. The molecule has 4 N–H and O–H groups in total. The monoisotopic (exact) mass is 336 g/mol. The molecule has 0 aliphatic rings. The number of amides is 2. The zero-order valence-corrected chi connectivity index (χ0v) is 13.9. The summed E-state index contributed by atoms with van der Waals surface area (Å²) in [5, 5.41) is 21.7. The summed E-state index contributed by atoms with van der Waals surface area (Å²) in [4.78, 5) is 33.9. The van der Waals surface area contributed by atoms with E-state index in [9.17, 15) is 14.4 Å². The van der Waals surface area contributed by atoms with Gasteiger partial charge in [0.05, 0.1) is 6.04 Å². The van der Waals surface area contributed by atoms with Crippen LogP contribution in [0.5, 0.6) is 0 Å². The van der Waals surface area contributed by atoms with Crippen molar-refractivity contribution in [1.82, 2.24) is 10.6 Å². The van der Waals surface area contributed by atoms with Crippen molar-refractivity contribution in [3.63, 3.8) is 0 Å². The molecule has 0 heterocycles. The van der Waals surface area contributed by atoms with Crippen LogP contribution in [0.2, 0.25) is 0 Å². The fourth-order valence-electron chi connectivity index (χ4n) is 2.30. The Hall–Kier alpha value is -2.57. The number of carboxylic acid groups (broad SMARTS) is 2. The first-order chi connectivity index (χ1) is 11.2. The molecule has 1 aromatic carbocycles. The average molecular weight is 336 g/mol. The summed E-state index contributed by atoms with van der Waals surface area (Å²) in [5.74, 6) is -0.107. The van der Waals surface area contributed by atoms with Gasteiger partial charge in [0.25, 0.3) is 0 Å². The molecule has 24 heavy (non-hydrogen) atoms. The van der Waals surface area contributed by atoms with Crippen molar-refractivity contribution in [2.24, 2.45) is 5.41 Å². The Labute approximate surface area is 141 Å².